The summed E-state index contributed by atoms with van der Waals surface area (Å²) in [5.74, 6) is -1.75. The lowest BCUT2D eigenvalue weighted by atomic mass is 9.98. The maximum absolute atomic E-state index is 11.6. The molecule has 2 aliphatic carbocycles. The number of nitrogens with one attached hydrogen (secondary N) is 1. The Morgan fingerprint density at radius 2 is 1.89 bits per heavy atom. The molecule has 0 aromatic rings. The van der Waals surface area contributed by atoms with E-state index >= 15 is 0 Å². The third-order valence-corrected chi connectivity index (χ3v) is 3.97. The SMILES string of the molecule is O=C(NCCCOC1CCCCC1)[C@H]1C[C@H]1C(=O)O. The summed E-state index contributed by atoms with van der Waals surface area (Å²) in [6, 6.07) is 0. The number of rotatable bonds is 7. The fourth-order valence-electron chi connectivity index (χ4n) is 2.65. The lowest BCUT2D eigenvalue weighted by Crippen LogP contribution is -2.28. The Bertz CT molecular complexity index is 325. The van der Waals surface area contributed by atoms with Crippen LogP contribution in [0, 0.1) is 11.8 Å². The van der Waals surface area contributed by atoms with Crippen molar-refractivity contribution in [2.45, 2.75) is 51.0 Å². The van der Waals surface area contributed by atoms with Crippen molar-refractivity contribution >= 4 is 11.9 Å². The summed E-state index contributed by atoms with van der Waals surface area (Å²) in [6.45, 7) is 1.26. The van der Waals surface area contributed by atoms with Gasteiger partial charge in [0.15, 0.2) is 0 Å². The molecule has 2 atom stereocenters. The summed E-state index contributed by atoms with van der Waals surface area (Å²) in [5, 5.41) is 11.5. The zero-order valence-corrected chi connectivity index (χ0v) is 11.3. The van der Waals surface area contributed by atoms with E-state index in [0.29, 0.717) is 25.7 Å². The summed E-state index contributed by atoms with van der Waals surface area (Å²) < 4.78 is 5.75. The molecule has 2 aliphatic rings. The van der Waals surface area contributed by atoms with Crippen LogP contribution in [-0.4, -0.2) is 36.2 Å². The minimum Gasteiger partial charge on any atom is -0.481 e. The van der Waals surface area contributed by atoms with Crippen molar-refractivity contribution in [3.8, 4) is 0 Å². The molecule has 0 aromatic heterocycles. The summed E-state index contributed by atoms with van der Waals surface area (Å²) in [7, 11) is 0. The van der Waals surface area contributed by atoms with Crippen molar-refractivity contribution in [2.24, 2.45) is 11.8 Å². The van der Waals surface area contributed by atoms with Gasteiger partial charge >= 0.3 is 5.97 Å². The van der Waals surface area contributed by atoms with Crippen molar-refractivity contribution in [2.75, 3.05) is 13.2 Å². The van der Waals surface area contributed by atoms with Gasteiger partial charge in [0, 0.05) is 13.2 Å². The first-order valence-corrected chi connectivity index (χ1v) is 7.30. The highest BCUT2D eigenvalue weighted by Gasteiger charge is 2.48. The minimum absolute atomic E-state index is 0.120. The van der Waals surface area contributed by atoms with Crippen LogP contribution in [0.5, 0.6) is 0 Å². The van der Waals surface area contributed by atoms with Crippen LogP contribution in [0.3, 0.4) is 0 Å². The van der Waals surface area contributed by atoms with Crippen LogP contribution in [-0.2, 0) is 14.3 Å². The van der Waals surface area contributed by atoms with Crippen LogP contribution in [0.1, 0.15) is 44.9 Å². The zero-order valence-electron chi connectivity index (χ0n) is 11.3. The van der Waals surface area contributed by atoms with Gasteiger partial charge in [0.2, 0.25) is 5.91 Å². The Morgan fingerprint density at radius 3 is 2.53 bits per heavy atom. The second kappa shape index (κ2) is 6.89. The highest BCUT2D eigenvalue weighted by atomic mass is 16.5. The molecule has 5 nitrogen and oxygen atoms in total. The molecule has 1 amide bonds. The largest absolute Gasteiger partial charge is 0.481 e. The number of amides is 1. The van der Waals surface area contributed by atoms with E-state index in [4.69, 9.17) is 9.84 Å². The number of ether oxygens (including phenoxy) is 1. The maximum Gasteiger partial charge on any atom is 0.307 e. The molecule has 0 heterocycles. The van der Waals surface area contributed by atoms with E-state index in [2.05, 4.69) is 5.32 Å². The molecule has 0 unspecified atom stereocenters. The fraction of sp³-hybridized carbons (Fsp3) is 0.857. The van der Waals surface area contributed by atoms with Crippen molar-refractivity contribution in [1.29, 1.82) is 0 Å². The second-order valence-electron chi connectivity index (χ2n) is 5.56. The summed E-state index contributed by atoms with van der Waals surface area (Å²) >= 11 is 0. The number of hydrogen-bond acceptors (Lipinski definition) is 3. The summed E-state index contributed by atoms with van der Waals surface area (Å²) in [5.41, 5.74) is 0. The number of carbonyl (C=O) groups is 2. The molecule has 0 saturated heterocycles. The zero-order chi connectivity index (χ0) is 13.7. The Labute approximate surface area is 113 Å². The number of carboxylic acid groups (broad SMARTS) is 1. The second-order valence-corrected chi connectivity index (χ2v) is 5.56. The van der Waals surface area contributed by atoms with Crippen LogP contribution < -0.4 is 5.32 Å². The molecule has 0 bridgehead atoms. The first-order valence-electron chi connectivity index (χ1n) is 7.30. The molecular weight excluding hydrogens is 246 g/mol. The third kappa shape index (κ3) is 4.49. The first-order chi connectivity index (χ1) is 9.18. The van der Waals surface area contributed by atoms with Gasteiger partial charge in [-0.25, -0.2) is 0 Å². The topological polar surface area (TPSA) is 75.6 Å². The van der Waals surface area contributed by atoms with E-state index in [-0.39, 0.29) is 11.8 Å². The van der Waals surface area contributed by atoms with Crippen LogP contribution in [0.2, 0.25) is 0 Å². The van der Waals surface area contributed by atoms with Gasteiger partial charge in [0.25, 0.3) is 0 Å². The van der Waals surface area contributed by atoms with Crippen molar-refractivity contribution in [3.63, 3.8) is 0 Å². The number of aliphatic carboxylic acids is 1. The molecule has 108 valence electrons. The van der Waals surface area contributed by atoms with E-state index in [9.17, 15) is 9.59 Å². The highest BCUT2D eigenvalue weighted by molar-refractivity contribution is 5.89. The van der Waals surface area contributed by atoms with Crippen molar-refractivity contribution < 1.29 is 19.4 Å². The first kappa shape index (κ1) is 14.3. The van der Waals surface area contributed by atoms with Crippen LogP contribution in [0.4, 0.5) is 0 Å². The molecule has 0 aromatic carbocycles. The normalized spacial score (nSPS) is 26.9. The Balaban J connectivity index is 1.48. The Morgan fingerprint density at radius 1 is 1.16 bits per heavy atom. The monoisotopic (exact) mass is 269 g/mol. The lowest BCUT2D eigenvalue weighted by molar-refractivity contribution is -0.140. The van der Waals surface area contributed by atoms with Gasteiger partial charge in [-0.2, -0.15) is 0 Å². The molecule has 19 heavy (non-hydrogen) atoms. The van der Waals surface area contributed by atoms with E-state index in [0.717, 1.165) is 19.3 Å². The Kier molecular flexibility index (Phi) is 5.19. The third-order valence-electron chi connectivity index (χ3n) is 3.97. The van der Waals surface area contributed by atoms with Gasteiger partial charge in [-0.3, -0.25) is 9.59 Å². The van der Waals surface area contributed by atoms with Crippen LogP contribution in [0.15, 0.2) is 0 Å². The van der Waals surface area contributed by atoms with Gasteiger partial charge in [-0.1, -0.05) is 19.3 Å². The molecule has 0 spiro atoms. The van der Waals surface area contributed by atoms with Gasteiger partial charge in [0.1, 0.15) is 0 Å². The van der Waals surface area contributed by atoms with Crippen LogP contribution in [0.25, 0.3) is 0 Å². The summed E-state index contributed by atoms with van der Waals surface area (Å²) in [4.78, 5) is 22.2. The minimum atomic E-state index is -0.860. The highest BCUT2D eigenvalue weighted by Crippen LogP contribution is 2.38. The van der Waals surface area contributed by atoms with Crippen molar-refractivity contribution in [1.82, 2.24) is 5.32 Å². The predicted molar refractivity (Wildman–Crippen MR) is 69.7 cm³/mol. The van der Waals surface area contributed by atoms with E-state index < -0.39 is 11.9 Å². The summed E-state index contributed by atoms with van der Waals surface area (Å²) in [6.07, 6.45) is 7.86. The number of hydrogen-bond donors (Lipinski definition) is 2. The standard InChI is InChI=1S/C14H23NO4/c16-13(11-9-12(11)14(17)18)15-7-4-8-19-10-5-2-1-3-6-10/h10-12H,1-9H2,(H,15,16)(H,17,18)/t11-,12+/m0/s1. The quantitative estimate of drug-likeness (QED) is 0.688. The average molecular weight is 269 g/mol. The predicted octanol–water partition coefficient (Wildman–Crippen LogP) is 1.56. The Hall–Kier alpha value is -1.10. The van der Waals surface area contributed by atoms with Crippen molar-refractivity contribution in [3.05, 3.63) is 0 Å². The molecule has 2 saturated carbocycles. The molecule has 5 heteroatoms. The number of carboxylic acids is 1. The average Bonchev–Trinajstić information content (AvgIpc) is 3.20. The molecular formula is C14H23NO4. The van der Waals surface area contributed by atoms with E-state index in [1.807, 2.05) is 0 Å². The van der Waals surface area contributed by atoms with Gasteiger partial charge in [0.05, 0.1) is 17.9 Å². The molecule has 0 radical (unpaired) electrons. The van der Waals surface area contributed by atoms with E-state index in [1.165, 1.54) is 19.3 Å². The lowest BCUT2D eigenvalue weighted by Gasteiger charge is -2.21. The molecule has 2 fully saturated rings. The van der Waals surface area contributed by atoms with Gasteiger partial charge < -0.3 is 15.2 Å². The molecule has 0 aliphatic heterocycles. The van der Waals surface area contributed by atoms with Gasteiger partial charge in [-0.05, 0) is 25.7 Å². The maximum atomic E-state index is 11.6. The molecule has 2 N–H and O–H groups in total. The van der Waals surface area contributed by atoms with Crippen LogP contribution >= 0.6 is 0 Å². The number of carbonyl (C=O) groups excluding carboxylic acids is 1. The fourth-order valence-corrected chi connectivity index (χ4v) is 2.65. The smallest absolute Gasteiger partial charge is 0.307 e. The van der Waals surface area contributed by atoms with Gasteiger partial charge in [-0.15, -0.1) is 0 Å². The molecule has 2 rings (SSSR count). The van der Waals surface area contributed by atoms with E-state index in [1.54, 1.807) is 0 Å².